The molecule has 2 heterocycles. The first kappa shape index (κ1) is 11.7. The van der Waals surface area contributed by atoms with E-state index in [0.717, 1.165) is 0 Å². The number of carbonyl (C=O) groups is 1. The van der Waals surface area contributed by atoms with Gasteiger partial charge in [0.05, 0.1) is 12.1 Å². The third-order valence-corrected chi connectivity index (χ3v) is 2.18. The lowest BCUT2D eigenvalue weighted by molar-refractivity contribution is 0.0945. The van der Waals surface area contributed by atoms with Gasteiger partial charge in [-0.15, -0.1) is 0 Å². The minimum absolute atomic E-state index is 0.237. The molecule has 2 aromatic rings. The number of hydrogen-bond donors (Lipinski definition) is 1. The van der Waals surface area contributed by atoms with E-state index in [4.69, 9.17) is 5.26 Å². The third kappa shape index (κ3) is 2.68. The van der Waals surface area contributed by atoms with Crippen molar-refractivity contribution in [2.24, 2.45) is 7.05 Å². The number of nitrogens with one attached hydrogen (secondary N) is 1. The summed E-state index contributed by atoms with van der Waals surface area (Å²) in [6.45, 7) is 0.237. The van der Waals surface area contributed by atoms with E-state index >= 15 is 0 Å². The topological polar surface area (TPSA) is 96.5 Å². The fourth-order valence-electron chi connectivity index (χ4n) is 1.31. The van der Waals surface area contributed by atoms with Crippen molar-refractivity contribution in [3.63, 3.8) is 0 Å². The van der Waals surface area contributed by atoms with Crippen LogP contribution in [0.1, 0.15) is 21.9 Å². The average Bonchev–Trinajstić information content (AvgIpc) is 2.82. The molecule has 0 fully saturated rings. The molecule has 1 N–H and O–H groups in total. The van der Waals surface area contributed by atoms with Crippen molar-refractivity contribution in [3.8, 4) is 6.07 Å². The molecule has 0 atom stereocenters. The van der Waals surface area contributed by atoms with Crippen LogP contribution in [0.2, 0.25) is 0 Å². The normalized spacial score (nSPS) is 9.78. The molecule has 0 radical (unpaired) electrons. The first-order chi connectivity index (χ1) is 8.69. The highest BCUT2D eigenvalue weighted by Gasteiger charge is 2.08. The second kappa shape index (κ2) is 5.05. The number of amides is 1. The Kier molecular flexibility index (Phi) is 3.29. The van der Waals surface area contributed by atoms with Crippen LogP contribution in [-0.2, 0) is 13.6 Å². The number of hydrogen-bond acceptors (Lipinski definition) is 5. The summed E-state index contributed by atoms with van der Waals surface area (Å²) in [5.74, 6) is 0.200. The number of nitrogens with zero attached hydrogens (tertiary/aromatic N) is 5. The van der Waals surface area contributed by atoms with Crippen LogP contribution in [0.15, 0.2) is 24.7 Å². The minimum atomic E-state index is -0.327. The van der Waals surface area contributed by atoms with Gasteiger partial charge in [0.1, 0.15) is 18.1 Å². The Bertz CT molecular complexity index is 595. The second-order valence-electron chi connectivity index (χ2n) is 3.56. The van der Waals surface area contributed by atoms with Crippen molar-refractivity contribution in [1.29, 1.82) is 5.26 Å². The van der Waals surface area contributed by atoms with E-state index in [1.165, 1.54) is 12.3 Å². The van der Waals surface area contributed by atoms with E-state index in [-0.39, 0.29) is 18.1 Å². The van der Waals surface area contributed by atoms with Gasteiger partial charge in [-0.1, -0.05) is 0 Å². The van der Waals surface area contributed by atoms with Crippen LogP contribution in [0.4, 0.5) is 0 Å². The summed E-state index contributed by atoms with van der Waals surface area (Å²) in [6, 6.07) is 4.98. The van der Waals surface area contributed by atoms with Gasteiger partial charge >= 0.3 is 0 Å². The first-order valence-electron chi connectivity index (χ1n) is 5.18. The Morgan fingerprint density at radius 2 is 2.33 bits per heavy atom. The van der Waals surface area contributed by atoms with Crippen LogP contribution < -0.4 is 5.32 Å². The van der Waals surface area contributed by atoms with E-state index in [1.807, 2.05) is 6.07 Å². The lowest BCUT2D eigenvalue weighted by Crippen LogP contribution is -2.24. The Morgan fingerprint density at radius 1 is 1.50 bits per heavy atom. The van der Waals surface area contributed by atoms with Crippen molar-refractivity contribution in [2.75, 3.05) is 0 Å². The first-order valence-corrected chi connectivity index (χ1v) is 5.18. The van der Waals surface area contributed by atoms with Crippen LogP contribution in [0.25, 0.3) is 0 Å². The Balaban J connectivity index is 1.97. The molecular weight excluding hydrogens is 232 g/mol. The summed E-state index contributed by atoms with van der Waals surface area (Å²) in [5, 5.41) is 15.3. The molecule has 0 saturated heterocycles. The molecular formula is C11H10N6O. The Labute approximate surface area is 103 Å². The van der Waals surface area contributed by atoms with Crippen molar-refractivity contribution in [1.82, 2.24) is 25.1 Å². The van der Waals surface area contributed by atoms with Crippen LogP contribution >= 0.6 is 0 Å². The fraction of sp³-hybridized carbons (Fsp3) is 0.182. The zero-order chi connectivity index (χ0) is 13.0. The summed E-state index contributed by atoms with van der Waals surface area (Å²) in [4.78, 5) is 19.6. The lowest BCUT2D eigenvalue weighted by Gasteiger charge is -2.01. The molecule has 2 rings (SSSR count). The van der Waals surface area contributed by atoms with Gasteiger partial charge in [0.2, 0.25) is 0 Å². The third-order valence-electron chi connectivity index (χ3n) is 2.18. The van der Waals surface area contributed by atoms with Gasteiger partial charge in [0.25, 0.3) is 5.91 Å². The number of pyridine rings is 1. The largest absolute Gasteiger partial charge is 0.343 e. The van der Waals surface area contributed by atoms with E-state index in [1.54, 1.807) is 24.1 Å². The number of carbonyl (C=O) groups excluding carboxylic acids is 1. The van der Waals surface area contributed by atoms with Crippen molar-refractivity contribution in [3.05, 3.63) is 41.7 Å². The smallest absolute Gasteiger partial charge is 0.270 e. The highest BCUT2D eigenvalue weighted by molar-refractivity contribution is 5.92. The second-order valence-corrected chi connectivity index (χ2v) is 3.56. The molecule has 0 spiro atoms. The molecule has 7 heteroatoms. The molecule has 0 saturated carbocycles. The minimum Gasteiger partial charge on any atom is -0.343 e. The molecule has 0 aromatic carbocycles. The number of nitriles is 1. The highest BCUT2D eigenvalue weighted by atomic mass is 16.1. The molecule has 18 heavy (non-hydrogen) atoms. The quantitative estimate of drug-likeness (QED) is 0.817. The Hall–Kier alpha value is -2.75. The zero-order valence-corrected chi connectivity index (χ0v) is 9.66. The summed E-state index contributed by atoms with van der Waals surface area (Å²) in [5.41, 5.74) is 0.669. The summed E-state index contributed by atoms with van der Waals surface area (Å²) in [6.07, 6.45) is 2.91. The molecule has 1 amide bonds. The Morgan fingerprint density at radius 3 is 2.89 bits per heavy atom. The molecule has 0 bridgehead atoms. The summed E-state index contributed by atoms with van der Waals surface area (Å²) in [7, 11) is 1.75. The van der Waals surface area contributed by atoms with Gasteiger partial charge in [-0.2, -0.15) is 10.4 Å². The molecule has 7 nitrogen and oxygen atoms in total. The highest BCUT2D eigenvalue weighted by Crippen LogP contribution is 1.99. The number of aromatic nitrogens is 4. The molecule has 2 aromatic heterocycles. The maximum atomic E-state index is 11.7. The SMILES string of the molecule is Cn1cnc(CNC(=O)c2ccc(C#N)cn2)n1. The van der Waals surface area contributed by atoms with Crippen LogP contribution in [-0.4, -0.2) is 25.7 Å². The molecule has 0 aliphatic rings. The van der Waals surface area contributed by atoms with Crippen molar-refractivity contribution in [2.45, 2.75) is 6.54 Å². The van der Waals surface area contributed by atoms with E-state index in [0.29, 0.717) is 11.4 Å². The van der Waals surface area contributed by atoms with Gasteiger partial charge < -0.3 is 5.32 Å². The van der Waals surface area contributed by atoms with Gasteiger partial charge in [0.15, 0.2) is 5.82 Å². The lowest BCUT2D eigenvalue weighted by atomic mass is 10.2. The zero-order valence-electron chi connectivity index (χ0n) is 9.66. The van der Waals surface area contributed by atoms with Gasteiger partial charge in [-0.05, 0) is 12.1 Å². The van der Waals surface area contributed by atoms with Gasteiger partial charge in [-0.25, -0.2) is 9.97 Å². The summed E-state index contributed by atoms with van der Waals surface area (Å²) < 4.78 is 1.56. The van der Waals surface area contributed by atoms with Crippen molar-refractivity contribution < 1.29 is 4.79 Å². The van der Waals surface area contributed by atoms with Crippen molar-refractivity contribution >= 4 is 5.91 Å². The summed E-state index contributed by atoms with van der Waals surface area (Å²) >= 11 is 0. The van der Waals surface area contributed by atoms with E-state index in [2.05, 4.69) is 20.4 Å². The predicted octanol–water partition coefficient (Wildman–Crippen LogP) is 0.0118. The molecule has 0 aliphatic heterocycles. The maximum Gasteiger partial charge on any atom is 0.270 e. The van der Waals surface area contributed by atoms with Gasteiger partial charge in [0, 0.05) is 13.2 Å². The molecule has 90 valence electrons. The standard InChI is InChI=1S/C11H10N6O/c1-17-7-15-10(16-17)6-14-11(18)9-3-2-8(4-12)5-13-9/h2-3,5,7H,6H2,1H3,(H,14,18). The fourth-order valence-corrected chi connectivity index (χ4v) is 1.31. The number of aryl methyl sites for hydroxylation is 1. The van der Waals surface area contributed by atoms with Crippen LogP contribution in [0, 0.1) is 11.3 Å². The molecule has 0 aliphatic carbocycles. The van der Waals surface area contributed by atoms with Gasteiger partial charge in [-0.3, -0.25) is 9.48 Å². The van der Waals surface area contributed by atoms with Crippen LogP contribution in [0.3, 0.4) is 0 Å². The van der Waals surface area contributed by atoms with Crippen LogP contribution in [0.5, 0.6) is 0 Å². The maximum absolute atomic E-state index is 11.7. The predicted molar refractivity (Wildman–Crippen MR) is 61.1 cm³/mol. The molecule has 0 unspecified atom stereocenters. The van der Waals surface area contributed by atoms with E-state index < -0.39 is 0 Å². The monoisotopic (exact) mass is 242 g/mol. The number of rotatable bonds is 3. The average molecular weight is 242 g/mol. The van der Waals surface area contributed by atoms with E-state index in [9.17, 15) is 4.79 Å².